The lowest BCUT2D eigenvalue weighted by Gasteiger charge is -2.07. The molecule has 0 bridgehead atoms. The van der Waals surface area contributed by atoms with Crippen molar-refractivity contribution < 1.29 is 9.13 Å². The fourth-order valence-electron chi connectivity index (χ4n) is 1.36. The lowest BCUT2D eigenvalue weighted by molar-refractivity contribution is 0.386. The summed E-state index contributed by atoms with van der Waals surface area (Å²) >= 11 is 3.20. The number of rotatable bonds is 3. The maximum atomic E-state index is 13.5. The van der Waals surface area contributed by atoms with Crippen LogP contribution in [0.25, 0.3) is 0 Å². The highest BCUT2D eigenvalue weighted by atomic mass is 79.9. The Balaban J connectivity index is 2.25. The van der Waals surface area contributed by atoms with Gasteiger partial charge in [0.1, 0.15) is 10.4 Å². The maximum Gasteiger partial charge on any atom is 0.230 e. The van der Waals surface area contributed by atoms with E-state index in [1.165, 1.54) is 19.2 Å². The Kier molecular flexibility index (Phi) is 3.61. The highest BCUT2D eigenvalue weighted by molar-refractivity contribution is 9.10. The molecule has 5 nitrogen and oxygen atoms in total. The minimum absolute atomic E-state index is 0.176. The third-order valence-electron chi connectivity index (χ3n) is 2.12. The molecule has 0 amide bonds. The second kappa shape index (κ2) is 5.18. The zero-order valence-electron chi connectivity index (χ0n) is 9.45. The molecule has 1 aromatic heterocycles. The molecule has 1 aromatic carbocycles. The van der Waals surface area contributed by atoms with E-state index in [0.29, 0.717) is 16.1 Å². The summed E-state index contributed by atoms with van der Waals surface area (Å²) in [5, 5.41) is 2.85. The molecule has 3 N–H and O–H groups in total. The molecule has 0 aliphatic rings. The summed E-state index contributed by atoms with van der Waals surface area (Å²) in [6, 6.07) is 6.03. The number of aromatic nitrogens is 2. The van der Waals surface area contributed by atoms with Crippen molar-refractivity contribution in [2.75, 3.05) is 18.2 Å². The second-order valence-corrected chi connectivity index (χ2v) is 4.23. The molecule has 2 aromatic rings. The Bertz CT molecular complexity index is 559. The number of nitrogens with one attached hydrogen (secondary N) is 1. The first kappa shape index (κ1) is 12.6. The van der Waals surface area contributed by atoms with Gasteiger partial charge < -0.3 is 15.8 Å². The highest BCUT2D eigenvalue weighted by Gasteiger charge is 2.05. The second-order valence-electron chi connectivity index (χ2n) is 3.41. The van der Waals surface area contributed by atoms with Gasteiger partial charge in [-0.25, -0.2) is 9.37 Å². The third-order valence-corrected chi connectivity index (χ3v) is 2.53. The van der Waals surface area contributed by atoms with Crippen LogP contribution in [0.15, 0.2) is 28.9 Å². The summed E-state index contributed by atoms with van der Waals surface area (Å²) < 4.78 is 18.8. The van der Waals surface area contributed by atoms with Gasteiger partial charge in [-0.1, -0.05) is 0 Å². The summed E-state index contributed by atoms with van der Waals surface area (Å²) in [5.74, 6) is 0.306. The van der Waals surface area contributed by atoms with Crippen LogP contribution in [0.2, 0.25) is 0 Å². The number of methoxy groups -OCH3 is 1. The van der Waals surface area contributed by atoms with Gasteiger partial charge in [0.2, 0.25) is 5.95 Å². The largest absolute Gasteiger partial charge is 0.494 e. The van der Waals surface area contributed by atoms with Crippen LogP contribution in [-0.4, -0.2) is 17.1 Å². The first-order valence-corrected chi connectivity index (χ1v) is 5.78. The van der Waals surface area contributed by atoms with Crippen LogP contribution in [0.3, 0.4) is 0 Å². The van der Waals surface area contributed by atoms with Crippen molar-refractivity contribution in [1.29, 1.82) is 0 Å². The Morgan fingerprint density at radius 2 is 2.11 bits per heavy atom. The molecule has 0 unspecified atom stereocenters. The van der Waals surface area contributed by atoms with Gasteiger partial charge in [0.05, 0.1) is 7.11 Å². The molecule has 0 saturated carbocycles. The lowest BCUT2D eigenvalue weighted by atomic mass is 10.3. The molecule has 18 heavy (non-hydrogen) atoms. The van der Waals surface area contributed by atoms with E-state index in [1.807, 2.05) is 0 Å². The van der Waals surface area contributed by atoms with E-state index in [2.05, 4.69) is 31.2 Å². The van der Waals surface area contributed by atoms with E-state index in [4.69, 9.17) is 10.5 Å². The number of hydrogen-bond donors (Lipinski definition) is 2. The van der Waals surface area contributed by atoms with E-state index in [1.54, 1.807) is 12.1 Å². The summed E-state index contributed by atoms with van der Waals surface area (Å²) in [4.78, 5) is 8.04. The predicted octanol–water partition coefficient (Wildman–Crippen LogP) is 2.71. The molecular formula is C11H10BrFN4O. The molecule has 0 saturated heterocycles. The molecule has 7 heteroatoms. The van der Waals surface area contributed by atoms with E-state index in [9.17, 15) is 4.39 Å². The average Bonchev–Trinajstić information content (AvgIpc) is 2.27. The van der Waals surface area contributed by atoms with Gasteiger partial charge in [0.25, 0.3) is 0 Å². The zero-order chi connectivity index (χ0) is 13.1. The van der Waals surface area contributed by atoms with Crippen molar-refractivity contribution in [1.82, 2.24) is 9.97 Å². The first-order chi connectivity index (χ1) is 8.58. The SMILES string of the molecule is COc1ccc(Nc2nc(N)cc(Br)n2)cc1F. The average molecular weight is 313 g/mol. The number of nitrogen functional groups attached to an aromatic ring is 1. The molecule has 0 atom stereocenters. The van der Waals surface area contributed by atoms with E-state index in [0.717, 1.165) is 0 Å². The number of anilines is 3. The molecule has 0 radical (unpaired) electrons. The Morgan fingerprint density at radius 1 is 1.33 bits per heavy atom. The van der Waals surface area contributed by atoms with Crippen molar-refractivity contribution in [3.05, 3.63) is 34.7 Å². The minimum atomic E-state index is -0.467. The minimum Gasteiger partial charge on any atom is -0.494 e. The molecule has 0 fully saturated rings. The molecule has 0 aliphatic heterocycles. The van der Waals surface area contributed by atoms with Gasteiger partial charge in [0.15, 0.2) is 11.6 Å². The Morgan fingerprint density at radius 3 is 2.72 bits per heavy atom. The zero-order valence-corrected chi connectivity index (χ0v) is 11.0. The van der Waals surface area contributed by atoms with Gasteiger partial charge in [-0.05, 0) is 28.1 Å². The van der Waals surface area contributed by atoms with Gasteiger partial charge in [0, 0.05) is 17.8 Å². The number of hydrogen-bond acceptors (Lipinski definition) is 5. The number of ether oxygens (including phenoxy) is 1. The fraction of sp³-hybridized carbons (Fsp3) is 0.0909. The van der Waals surface area contributed by atoms with Crippen molar-refractivity contribution in [2.45, 2.75) is 0 Å². The maximum absolute atomic E-state index is 13.5. The monoisotopic (exact) mass is 312 g/mol. The molecular weight excluding hydrogens is 303 g/mol. The summed E-state index contributed by atoms with van der Waals surface area (Å²) in [7, 11) is 1.41. The van der Waals surface area contributed by atoms with Crippen LogP contribution in [0.5, 0.6) is 5.75 Å². The van der Waals surface area contributed by atoms with Gasteiger partial charge in [-0.3, -0.25) is 0 Å². The third kappa shape index (κ3) is 2.86. The first-order valence-electron chi connectivity index (χ1n) is 4.99. The van der Waals surface area contributed by atoms with Gasteiger partial charge >= 0.3 is 0 Å². The van der Waals surface area contributed by atoms with Crippen molar-refractivity contribution in [3.8, 4) is 5.75 Å². The van der Waals surface area contributed by atoms with Crippen LogP contribution in [-0.2, 0) is 0 Å². The van der Waals surface area contributed by atoms with Crippen LogP contribution >= 0.6 is 15.9 Å². The smallest absolute Gasteiger partial charge is 0.230 e. The van der Waals surface area contributed by atoms with Gasteiger partial charge in [-0.2, -0.15) is 4.98 Å². The van der Waals surface area contributed by atoms with Crippen LogP contribution in [0.4, 0.5) is 21.8 Å². The number of nitrogens with zero attached hydrogens (tertiary/aromatic N) is 2. The normalized spacial score (nSPS) is 10.2. The number of halogens is 2. The topological polar surface area (TPSA) is 73.1 Å². The Labute approximate surface area is 111 Å². The summed E-state index contributed by atoms with van der Waals surface area (Å²) in [5.41, 5.74) is 6.08. The molecule has 1 heterocycles. The van der Waals surface area contributed by atoms with E-state index < -0.39 is 5.82 Å². The van der Waals surface area contributed by atoms with Crippen LogP contribution in [0.1, 0.15) is 0 Å². The number of benzene rings is 1. The Hall–Kier alpha value is -1.89. The standard InChI is InChI=1S/C11H10BrFN4O/c1-18-8-3-2-6(4-7(8)13)15-11-16-9(12)5-10(14)17-11/h2-5H,1H3,(H3,14,15,16,17). The van der Waals surface area contributed by atoms with Crippen LogP contribution < -0.4 is 15.8 Å². The summed E-state index contributed by atoms with van der Waals surface area (Å²) in [6.07, 6.45) is 0. The summed E-state index contributed by atoms with van der Waals surface area (Å²) in [6.45, 7) is 0. The molecule has 94 valence electrons. The van der Waals surface area contributed by atoms with Crippen LogP contribution in [0, 0.1) is 5.82 Å². The quantitative estimate of drug-likeness (QED) is 0.852. The van der Waals surface area contributed by atoms with Crippen molar-refractivity contribution in [3.63, 3.8) is 0 Å². The van der Waals surface area contributed by atoms with E-state index in [-0.39, 0.29) is 11.7 Å². The molecule has 2 rings (SSSR count). The van der Waals surface area contributed by atoms with Crippen molar-refractivity contribution >= 4 is 33.4 Å². The molecule has 0 spiro atoms. The number of nitrogens with two attached hydrogens (primary N) is 1. The van der Waals surface area contributed by atoms with E-state index >= 15 is 0 Å². The lowest BCUT2D eigenvalue weighted by Crippen LogP contribution is -2.01. The van der Waals surface area contributed by atoms with Crippen molar-refractivity contribution in [2.24, 2.45) is 0 Å². The molecule has 0 aliphatic carbocycles. The predicted molar refractivity (Wildman–Crippen MR) is 70.4 cm³/mol. The highest BCUT2D eigenvalue weighted by Crippen LogP contribution is 2.23. The fourth-order valence-corrected chi connectivity index (χ4v) is 1.77. The van der Waals surface area contributed by atoms with Gasteiger partial charge in [-0.15, -0.1) is 0 Å².